The molecule has 0 fully saturated rings. The number of fused-ring (bicyclic) bond motifs is 1. The van der Waals surface area contributed by atoms with Gasteiger partial charge in [0.1, 0.15) is 5.82 Å². The third-order valence-corrected chi connectivity index (χ3v) is 3.77. The van der Waals surface area contributed by atoms with Crippen LogP contribution < -0.4 is 5.32 Å². The summed E-state index contributed by atoms with van der Waals surface area (Å²) in [6.07, 6.45) is 0. The lowest BCUT2D eigenvalue weighted by Crippen LogP contribution is -2.31. The molecule has 1 aliphatic rings. The minimum Gasteiger partial charge on any atom is -0.305 e. The molecule has 2 aromatic carbocycles. The van der Waals surface area contributed by atoms with Gasteiger partial charge in [0.25, 0.3) is 0 Å². The van der Waals surface area contributed by atoms with E-state index < -0.39 is 0 Å². The maximum absolute atomic E-state index is 13.2. The van der Waals surface area contributed by atoms with E-state index in [1.807, 2.05) is 12.1 Å². The van der Waals surface area contributed by atoms with Crippen molar-refractivity contribution in [1.82, 2.24) is 5.32 Å². The van der Waals surface area contributed by atoms with E-state index in [4.69, 9.17) is 0 Å². The largest absolute Gasteiger partial charge is 0.305 e. The summed E-state index contributed by atoms with van der Waals surface area (Å²) < 4.78 is 13.2. The Kier molecular flexibility index (Phi) is 2.88. The normalized spacial score (nSPS) is 22.6. The first kappa shape index (κ1) is 11.4. The molecule has 1 N–H and O–H groups in total. The van der Waals surface area contributed by atoms with Gasteiger partial charge in [0.2, 0.25) is 0 Å². The summed E-state index contributed by atoms with van der Waals surface area (Å²) >= 11 is 0. The zero-order valence-electron chi connectivity index (χ0n) is 10.4. The monoisotopic (exact) mass is 241 g/mol. The standard InChI is InChI=1S/C16H16FN/c1-11-15-8-7-14(17)9-13(15)10-18-16(11)12-5-3-2-4-6-12/h2-9,11,16,18H,10H2,1H3. The SMILES string of the molecule is CC1c2ccc(F)cc2CNC1c1ccccc1. The minimum absolute atomic E-state index is 0.152. The molecule has 0 saturated heterocycles. The lowest BCUT2D eigenvalue weighted by Gasteiger charge is -2.32. The fourth-order valence-corrected chi connectivity index (χ4v) is 2.81. The zero-order valence-corrected chi connectivity index (χ0v) is 10.4. The van der Waals surface area contributed by atoms with Crippen LogP contribution in [0.5, 0.6) is 0 Å². The molecule has 0 amide bonds. The number of hydrogen-bond acceptors (Lipinski definition) is 1. The van der Waals surface area contributed by atoms with Gasteiger partial charge in [-0.05, 0) is 28.8 Å². The van der Waals surface area contributed by atoms with Crippen LogP contribution in [0.15, 0.2) is 48.5 Å². The topological polar surface area (TPSA) is 12.0 Å². The minimum atomic E-state index is -0.152. The zero-order chi connectivity index (χ0) is 12.5. The second-order valence-electron chi connectivity index (χ2n) is 4.90. The highest BCUT2D eigenvalue weighted by molar-refractivity contribution is 5.37. The summed E-state index contributed by atoms with van der Waals surface area (Å²) in [5.41, 5.74) is 3.62. The van der Waals surface area contributed by atoms with Crippen molar-refractivity contribution in [2.75, 3.05) is 0 Å². The Morgan fingerprint density at radius 2 is 1.89 bits per heavy atom. The number of benzene rings is 2. The molecule has 1 aliphatic heterocycles. The summed E-state index contributed by atoms with van der Waals surface area (Å²) in [5, 5.41) is 3.50. The van der Waals surface area contributed by atoms with Crippen molar-refractivity contribution in [2.24, 2.45) is 0 Å². The summed E-state index contributed by atoms with van der Waals surface area (Å²) in [6, 6.07) is 15.9. The van der Waals surface area contributed by atoms with Gasteiger partial charge >= 0.3 is 0 Å². The first-order valence-electron chi connectivity index (χ1n) is 6.32. The smallest absolute Gasteiger partial charge is 0.123 e. The molecule has 0 saturated carbocycles. The molecular formula is C16H16FN. The average Bonchev–Trinajstić information content (AvgIpc) is 2.40. The van der Waals surface area contributed by atoms with Crippen molar-refractivity contribution >= 4 is 0 Å². The van der Waals surface area contributed by atoms with E-state index in [-0.39, 0.29) is 5.82 Å². The summed E-state index contributed by atoms with van der Waals surface area (Å²) in [5.74, 6) is 0.206. The van der Waals surface area contributed by atoms with Gasteiger partial charge in [-0.3, -0.25) is 0 Å². The summed E-state index contributed by atoms with van der Waals surface area (Å²) in [6.45, 7) is 2.93. The van der Waals surface area contributed by atoms with Gasteiger partial charge in [0.15, 0.2) is 0 Å². The Morgan fingerprint density at radius 3 is 2.67 bits per heavy atom. The van der Waals surface area contributed by atoms with Crippen LogP contribution in [0.2, 0.25) is 0 Å². The molecule has 2 atom stereocenters. The lowest BCUT2D eigenvalue weighted by molar-refractivity contribution is 0.432. The molecule has 18 heavy (non-hydrogen) atoms. The molecule has 3 rings (SSSR count). The molecule has 2 heteroatoms. The Balaban J connectivity index is 1.97. The lowest BCUT2D eigenvalue weighted by atomic mass is 9.83. The molecular weight excluding hydrogens is 225 g/mol. The number of hydrogen-bond donors (Lipinski definition) is 1. The van der Waals surface area contributed by atoms with Crippen molar-refractivity contribution in [2.45, 2.75) is 25.4 Å². The third kappa shape index (κ3) is 1.93. The molecule has 92 valence electrons. The van der Waals surface area contributed by atoms with Gasteiger partial charge in [-0.2, -0.15) is 0 Å². The van der Waals surface area contributed by atoms with E-state index >= 15 is 0 Å². The van der Waals surface area contributed by atoms with E-state index in [1.165, 1.54) is 11.1 Å². The predicted octanol–water partition coefficient (Wildman–Crippen LogP) is 3.77. The van der Waals surface area contributed by atoms with E-state index in [0.29, 0.717) is 12.0 Å². The van der Waals surface area contributed by atoms with Crippen LogP contribution in [0, 0.1) is 5.82 Å². The fraction of sp³-hybridized carbons (Fsp3) is 0.250. The highest BCUT2D eigenvalue weighted by Crippen LogP contribution is 2.36. The highest BCUT2D eigenvalue weighted by Gasteiger charge is 2.26. The van der Waals surface area contributed by atoms with E-state index in [0.717, 1.165) is 12.1 Å². The number of halogens is 1. The van der Waals surface area contributed by atoms with Crippen LogP contribution in [0.25, 0.3) is 0 Å². The number of rotatable bonds is 1. The van der Waals surface area contributed by atoms with E-state index in [2.05, 4.69) is 36.5 Å². The van der Waals surface area contributed by atoms with Crippen molar-refractivity contribution in [3.63, 3.8) is 0 Å². The Hall–Kier alpha value is -1.67. The second kappa shape index (κ2) is 4.54. The highest BCUT2D eigenvalue weighted by atomic mass is 19.1. The van der Waals surface area contributed by atoms with Crippen molar-refractivity contribution in [3.8, 4) is 0 Å². The van der Waals surface area contributed by atoms with Crippen LogP contribution in [0.3, 0.4) is 0 Å². The molecule has 0 radical (unpaired) electrons. The third-order valence-electron chi connectivity index (χ3n) is 3.77. The van der Waals surface area contributed by atoms with Crippen LogP contribution in [0.4, 0.5) is 4.39 Å². The average molecular weight is 241 g/mol. The first-order valence-corrected chi connectivity index (χ1v) is 6.32. The molecule has 2 aromatic rings. The van der Waals surface area contributed by atoms with Crippen LogP contribution >= 0.6 is 0 Å². The predicted molar refractivity (Wildman–Crippen MR) is 70.8 cm³/mol. The van der Waals surface area contributed by atoms with Gasteiger partial charge in [0, 0.05) is 18.5 Å². The molecule has 0 bridgehead atoms. The van der Waals surface area contributed by atoms with E-state index in [1.54, 1.807) is 12.1 Å². The first-order chi connectivity index (χ1) is 8.75. The molecule has 0 aliphatic carbocycles. The van der Waals surface area contributed by atoms with Gasteiger partial charge in [0.05, 0.1) is 0 Å². The fourth-order valence-electron chi connectivity index (χ4n) is 2.81. The van der Waals surface area contributed by atoms with E-state index in [9.17, 15) is 4.39 Å². The quantitative estimate of drug-likeness (QED) is 0.801. The number of nitrogens with one attached hydrogen (secondary N) is 1. The van der Waals surface area contributed by atoms with Crippen LogP contribution in [-0.2, 0) is 6.54 Å². The molecule has 0 aromatic heterocycles. The van der Waals surface area contributed by atoms with Crippen LogP contribution in [0.1, 0.15) is 35.6 Å². The summed E-state index contributed by atoms with van der Waals surface area (Å²) in [7, 11) is 0. The maximum Gasteiger partial charge on any atom is 0.123 e. The van der Waals surface area contributed by atoms with Crippen molar-refractivity contribution < 1.29 is 4.39 Å². The maximum atomic E-state index is 13.2. The van der Waals surface area contributed by atoms with Crippen molar-refractivity contribution in [1.29, 1.82) is 0 Å². The second-order valence-corrected chi connectivity index (χ2v) is 4.90. The van der Waals surface area contributed by atoms with Gasteiger partial charge in [-0.15, -0.1) is 0 Å². The van der Waals surface area contributed by atoms with Gasteiger partial charge in [-0.1, -0.05) is 43.3 Å². The molecule has 2 unspecified atom stereocenters. The molecule has 1 heterocycles. The van der Waals surface area contributed by atoms with Gasteiger partial charge < -0.3 is 5.32 Å². The molecule has 1 nitrogen and oxygen atoms in total. The Morgan fingerprint density at radius 1 is 1.11 bits per heavy atom. The Labute approximate surface area is 107 Å². The van der Waals surface area contributed by atoms with Gasteiger partial charge in [-0.25, -0.2) is 4.39 Å². The molecule has 0 spiro atoms. The Bertz CT molecular complexity index is 550. The van der Waals surface area contributed by atoms with Crippen molar-refractivity contribution in [3.05, 3.63) is 71.0 Å². The summed E-state index contributed by atoms with van der Waals surface area (Å²) in [4.78, 5) is 0. The van der Waals surface area contributed by atoms with Crippen LogP contribution in [-0.4, -0.2) is 0 Å².